The second-order valence-electron chi connectivity index (χ2n) is 4.72. The van der Waals surface area contributed by atoms with E-state index in [1.807, 2.05) is 0 Å². The molecule has 1 amide bonds. The Morgan fingerprint density at radius 2 is 1.62 bits per heavy atom. The van der Waals surface area contributed by atoms with Gasteiger partial charge in [-0.2, -0.15) is 0 Å². The first-order valence-corrected chi connectivity index (χ1v) is 6.57. The molecule has 3 nitrogen and oxygen atoms in total. The lowest BCUT2D eigenvalue weighted by atomic mass is 10.0. The van der Waals surface area contributed by atoms with Gasteiger partial charge < -0.3 is 10.6 Å². The topological polar surface area (TPSA) is 41.1 Å². The van der Waals surface area contributed by atoms with Gasteiger partial charge >= 0.3 is 0 Å². The van der Waals surface area contributed by atoms with Gasteiger partial charge in [0.05, 0.1) is 6.54 Å². The van der Waals surface area contributed by atoms with Crippen LogP contribution in [0, 0.1) is 5.92 Å². The average molecular weight is 228 g/mol. The molecule has 1 unspecified atom stereocenters. The summed E-state index contributed by atoms with van der Waals surface area (Å²) in [6, 6.07) is 0.765. The molecule has 0 heterocycles. The smallest absolute Gasteiger partial charge is 0.234 e. The second kappa shape index (κ2) is 8.57. The van der Waals surface area contributed by atoms with E-state index in [-0.39, 0.29) is 5.91 Å². The first-order chi connectivity index (χ1) is 7.54. The molecular formula is C13H28N2O. The Morgan fingerprint density at radius 3 is 2.00 bits per heavy atom. The van der Waals surface area contributed by atoms with E-state index in [0.717, 1.165) is 19.3 Å². The normalized spacial score (nSPS) is 13.2. The van der Waals surface area contributed by atoms with E-state index < -0.39 is 0 Å². The third-order valence-corrected chi connectivity index (χ3v) is 3.12. The maximum absolute atomic E-state index is 11.6. The van der Waals surface area contributed by atoms with Crippen LogP contribution in [-0.2, 0) is 4.79 Å². The minimum absolute atomic E-state index is 0.118. The average Bonchev–Trinajstić information content (AvgIpc) is 2.26. The van der Waals surface area contributed by atoms with E-state index in [0.29, 0.717) is 24.5 Å². The molecule has 0 saturated carbocycles. The van der Waals surface area contributed by atoms with Crippen molar-refractivity contribution in [3.63, 3.8) is 0 Å². The van der Waals surface area contributed by atoms with Crippen LogP contribution < -0.4 is 10.6 Å². The fourth-order valence-electron chi connectivity index (χ4n) is 1.85. The number of nitrogens with one attached hydrogen (secondary N) is 2. The lowest BCUT2D eigenvalue weighted by molar-refractivity contribution is -0.121. The molecule has 0 aliphatic carbocycles. The molecule has 0 aliphatic rings. The summed E-state index contributed by atoms with van der Waals surface area (Å²) >= 11 is 0. The number of carbonyl (C=O) groups excluding carboxylic acids is 1. The van der Waals surface area contributed by atoms with Crippen LogP contribution in [0.4, 0.5) is 0 Å². The summed E-state index contributed by atoms with van der Waals surface area (Å²) in [7, 11) is 0. The molecule has 0 aliphatic heterocycles. The van der Waals surface area contributed by atoms with Crippen LogP contribution in [0.15, 0.2) is 0 Å². The van der Waals surface area contributed by atoms with Crippen molar-refractivity contribution in [2.75, 3.05) is 6.54 Å². The fourth-order valence-corrected chi connectivity index (χ4v) is 1.85. The quantitative estimate of drug-likeness (QED) is 0.669. The lowest BCUT2D eigenvalue weighted by Gasteiger charge is -2.21. The van der Waals surface area contributed by atoms with E-state index in [2.05, 4.69) is 45.3 Å². The Balaban J connectivity index is 3.87. The molecule has 0 aromatic rings. The molecule has 2 N–H and O–H groups in total. The summed E-state index contributed by atoms with van der Waals surface area (Å²) < 4.78 is 0. The highest BCUT2D eigenvalue weighted by atomic mass is 16.1. The van der Waals surface area contributed by atoms with Gasteiger partial charge in [-0.1, -0.05) is 34.6 Å². The Hall–Kier alpha value is -0.570. The highest BCUT2D eigenvalue weighted by Crippen LogP contribution is 2.04. The molecule has 16 heavy (non-hydrogen) atoms. The summed E-state index contributed by atoms with van der Waals surface area (Å²) in [5.74, 6) is 0.693. The van der Waals surface area contributed by atoms with Gasteiger partial charge in [-0.25, -0.2) is 0 Å². The van der Waals surface area contributed by atoms with Crippen molar-refractivity contribution >= 4 is 5.91 Å². The maximum atomic E-state index is 11.6. The van der Waals surface area contributed by atoms with Crippen molar-refractivity contribution in [1.29, 1.82) is 0 Å². The molecule has 0 spiro atoms. The largest absolute Gasteiger partial charge is 0.352 e. The zero-order valence-corrected chi connectivity index (χ0v) is 11.5. The van der Waals surface area contributed by atoms with Crippen molar-refractivity contribution < 1.29 is 4.79 Å². The number of rotatable bonds is 8. The first kappa shape index (κ1) is 15.4. The summed E-state index contributed by atoms with van der Waals surface area (Å²) in [4.78, 5) is 11.6. The van der Waals surface area contributed by atoms with Gasteiger partial charge in [-0.15, -0.1) is 0 Å². The van der Waals surface area contributed by atoms with Gasteiger partial charge in [-0.3, -0.25) is 4.79 Å². The fraction of sp³-hybridized carbons (Fsp3) is 0.923. The van der Waals surface area contributed by atoms with E-state index in [9.17, 15) is 4.79 Å². The van der Waals surface area contributed by atoms with Crippen LogP contribution in [0.25, 0.3) is 0 Å². The summed E-state index contributed by atoms with van der Waals surface area (Å²) in [6.07, 6.45) is 3.07. The molecule has 0 aromatic carbocycles. The molecular weight excluding hydrogens is 200 g/mol. The minimum Gasteiger partial charge on any atom is -0.352 e. The lowest BCUT2D eigenvalue weighted by Crippen LogP contribution is -2.44. The Bertz CT molecular complexity index is 188. The highest BCUT2D eigenvalue weighted by molar-refractivity contribution is 5.78. The molecule has 0 fully saturated rings. The van der Waals surface area contributed by atoms with Crippen LogP contribution in [0.3, 0.4) is 0 Å². The van der Waals surface area contributed by atoms with Crippen LogP contribution in [0.2, 0.25) is 0 Å². The van der Waals surface area contributed by atoms with E-state index >= 15 is 0 Å². The SMILES string of the molecule is CCC(CC)NC(=O)CNC(CC)C(C)C. The maximum Gasteiger partial charge on any atom is 0.234 e. The predicted octanol–water partition coefficient (Wildman–Crippen LogP) is 2.32. The number of amides is 1. The van der Waals surface area contributed by atoms with Gasteiger partial charge in [0, 0.05) is 12.1 Å². The molecule has 1 atom stereocenters. The van der Waals surface area contributed by atoms with Gasteiger partial charge in [0.15, 0.2) is 0 Å². The zero-order valence-electron chi connectivity index (χ0n) is 11.5. The monoisotopic (exact) mass is 228 g/mol. The molecule has 0 saturated heterocycles. The standard InChI is InChI=1S/C13H28N2O/c1-6-11(7-2)15-13(16)9-14-12(8-3)10(4)5/h10-12,14H,6-9H2,1-5H3,(H,15,16). The Labute approximate surface area is 100 Å². The predicted molar refractivity (Wildman–Crippen MR) is 69.4 cm³/mol. The van der Waals surface area contributed by atoms with E-state index in [1.165, 1.54) is 0 Å². The molecule has 0 aromatic heterocycles. The molecule has 0 rings (SSSR count). The molecule has 96 valence electrons. The zero-order chi connectivity index (χ0) is 12.6. The van der Waals surface area contributed by atoms with Crippen LogP contribution >= 0.6 is 0 Å². The van der Waals surface area contributed by atoms with Crippen molar-refractivity contribution in [3.8, 4) is 0 Å². The second-order valence-corrected chi connectivity index (χ2v) is 4.72. The van der Waals surface area contributed by atoms with Gasteiger partial charge in [0.1, 0.15) is 0 Å². The minimum atomic E-state index is 0.118. The Morgan fingerprint density at radius 1 is 1.06 bits per heavy atom. The third-order valence-electron chi connectivity index (χ3n) is 3.12. The number of hydrogen-bond donors (Lipinski definition) is 2. The van der Waals surface area contributed by atoms with Crippen molar-refractivity contribution in [2.45, 2.75) is 66.0 Å². The van der Waals surface area contributed by atoms with Gasteiger partial charge in [0.25, 0.3) is 0 Å². The number of hydrogen-bond acceptors (Lipinski definition) is 2. The van der Waals surface area contributed by atoms with Crippen LogP contribution in [-0.4, -0.2) is 24.5 Å². The third kappa shape index (κ3) is 6.11. The highest BCUT2D eigenvalue weighted by Gasteiger charge is 2.13. The van der Waals surface area contributed by atoms with Gasteiger partial charge in [0.2, 0.25) is 5.91 Å². The summed E-state index contributed by atoms with van der Waals surface area (Å²) in [6.45, 7) is 11.2. The van der Waals surface area contributed by atoms with Gasteiger partial charge in [-0.05, 0) is 25.2 Å². The number of carbonyl (C=O) groups is 1. The summed E-state index contributed by atoms with van der Waals surface area (Å²) in [5, 5.41) is 6.34. The van der Waals surface area contributed by atoms with Crippen LogP contribution in [0.5, 0.6) is 0 Å². The van der Waals surface area contributed by atoms with Crippen molar-refractivity contribution in [1.82, 2.24) is 10.6 Å². The first-order valence-electron chi connectivity index (χ1n) is 6.57. The van der Waals surface area contributed by atoms with E-state index in [1.54, 1.807) is 0 Å². The Kier molecular flexibility index (Phi) is 8.26. The van der Waals surface area contributed by atoms with Crippen LogP contribution in [0.1, 0.15) is 53.9 Å². The van der Waals surface area contributed by atoms with Crippen molar-refractivity contribution in [3.05, 3.63) is 0 Å². The molecule has 3 heteroatoms. The van der Waals surface area contributed by atoms with E-state index in [4.69, 9.17) is 0 Å². The molecule has 0 bridgehead atoms. The van der Waals surface area contributed by atoms with Crippen molar-refractivity contribution in [2.24, 2.45) is 5.92 Å². The summed E-state index contributed by atoms with van der Waals surface area (Å²) in [5.41, 5.74) is 0. The molecule has 0 radical (unpaired) electrons.